The number of carboxylic acids is 1. The van der Waals surface area contributed by atoms with Crippen LogP contribution in [0, 0.1) is 0 Å². The Hall–Kier alpha value is -2.39. The summed E-state index contributed by atoms with van der Waals surface area (Å²) < 4.78 is 26.3. The summed E-state index contributed by atoms with van der Waals surface area (Å²) in [5.41, 5.74) is 5.48. The average Bonchev–Trinajstić information content (AvgIpc) is 2.89. The van der Waals surface area contributed by atoms with Gasteiger partial charge >= 0.3 is 5.97 Å². The van der Waals surface area contributed by atoms with Crippen molar-refractivity contribution in [3.8, 4) is 0 Å². The van der Waals surface area contributed by atoms with E-state index in [0.717, 1.165) is 17.4 Å². The van der Waals surface area contributed by atoms with Gasteiger partial charge in [0.05, 0.1) is 5.56 Å². The minimum atomic E-state index is -3.87. The molecule has 7 nitrogen and oxygen atoms in total. The number of anilines is 1. The second-order valence-electron chi connectivity index (χ2n) is 4.01. The molecule has 2 rings (SSSR count). The number of nitrogens with two attached hydrogens (primary N) is 1. The third kappa shape index (κ3) is 3.38. The Bertz CT molecular complexity index is 793. The average molecular weight is 326 g/mol. The molecular weight excluding hydrogens is 316 g/mol. The topological polar surface area (TPSA) is 127 Å². The van der Waals surface area contributed by atoms with Crippen molar-refractivity contribution in [3.63, 3.8) is 0 Å². The number of amides is 1. The number of hydrogen-bond acceptors (Lipinski definition) is 5. The van der Waals surface area contributed by atoms with Gasteiger partial charge in [-0.2, -0.15) is 0 Å². The van der Waals surface area contributed by atoms with Crippen molar-refractivity contribution in [3.05, 3.63) is 46.8 Å². The highest BCUT2D eigenvalue weighted by Crippen LogP contribution is 2.23. The minimum Gasteiger partial charge on any atom is -0.478 e. The van der Waals surface area contributed by atoms with Gasteiger partial charge in [0.1, 0.15) is 4.21 Å². The molecule has 1 amide bonds. The van der Waals surface area contributed by atoms with Crippen molar-refractivity contribution in [2.45, 2.75) is 4.21 Å². The normalized spacial score (nSPS) is 11.0. The summed E-state index contributed by atoms with van der Waals surface area (Å²) in [7, 11) is -3.87. The van der Waals surface area contributed by atoms with E-state index < -0.39 is 21.9 Å². The van der Waals surface area contributed by atoms with Crippen molar-refractivity contribution in [1.82, 2.24) is 0 Å². The van der Waals surface area contributed by atoms with Gasteiger partial charge in [0, 0.05) is 16.6 Å². The lowest BCUT2D eigenvalue weighted by atomic mass is 10.2. The molecule has 0 fully saturated rings. The summed E-state index contributed by atoms with van der Waals surface area (Å²) in [6.07, 6.45) is 0. The summed E-state index contributed by atoms with van der Waals surface area (Å²) in [4.78, 5) is 21.7. The van der Waals surface area contributed by atoms with E-state index in [4.69, 9.17) is 10.8 Å². The molecule has 0 spiro atoms. The fourth-order valence-electron chi connectivity index (χ4n) is 1.48. The smallest absolute Gasteiger partial charge is 0.336 e. The van der Waals surface area contributed by atoms with Gasteiger partial charge in [-0.3, -0.25) is 9.52 Å². The zero-order chi connectivity index (χ0) is 15.6. The fraction of sp³-hybridized carbons (Fsp3) is 0. The van der Waals surface area contributed by atoms with E-state index in [-0.39, 0.29) is 21.0 Å². The lowest BCUT2D eigenvalue weighted by molar-refractivity contribution is 0.0697. The molecule has 0 saturated heterocycles. The first-order chi connectivity index (χ1) is 9.79. The van der Waals surface area contributed by atoms with Gasteiger partial charge in [0.2, 0.25) is 5.91 Å². The Morgan fingerprint density at radius 3 is 2.24 bits per heavy atom. The highest BCUT2D eigenvalue weighted by Gasteiger charge is 2.19. The predicted molar refractivity (Wildman–Crippen MR) is 77.0 cm³/mol. The van der Waals surface area contributed by atoms with Gasteiger partial charge < -0.3 is 10.8 Å². The summed E-state index contributed by atoms with van der Waals surface area (Å²) in [6, 6.07) is 6.63. The maximum Gasteiger partial charge on any atom is 0.336 e. The van der Waals surface area contributed by atoms with Crippen LogP contribution in [0.2, 0.25) is 0 Å². The van der Waals surface area contributed by atoms with E-state index in [2.05, 4.69) is 4.72 Å². The summed E-state index contributed by atoms with van der Waals surface area (Å²) in [5, 5.41) is 10.0. The van der Waals surface area contributed by atoms with Crippen molar-refractivity contribution in [2.24, 2.45) is 5.73 Å². The molecule has 21 heavy (non-hydrogen) atoms. The largest absolute Gasteiger partial charge is 0.478 e. The minimum absolute atomic E-state index is 0.0931. The highest BCUT2D eigenvalue weighted by atomic mass is 32.2. The molecule has 2 aromatic rings. The fourth-order valence-corrected chi connectivity index (χ4v) is 3.69. The van der Waals surface area contributed by atoms with Gasteiger partial charge in [0.15, 0.2) is 0 Å². The van der Waals surface area contributed by atoms with Crippen LogP contribution in [0.15, 0.2) is 39.9 Å². The third-order valence-electron chi connectivity index (χ3n) is 2.51. The SMILES string of the molecule is NC(=O)c1ccc(NS(=O)(=O)c2cc(C(=O)O)cs2)cc1. The zero-order valence-corrected chi connectivity index (χ0v) is 12.1. The van der Waals surface area contributed by atoms with Gasteiger partial charge in [-0.1, -0.05) is 0 Å². The predicted octanol–water partition coefficient (Wildman–Crippen LogP) is 1.35. The number of nitrogens with one attached hydrogen (secondary N) is 1. The molecule has 1 aromatic carbocycles. The first-order valence-corrected chi connectivity index (χ1v) is 7.90. The molecule has 0 aliphatic carbocycles. The molecule has 0 bridgehead atoms. The van der Waals surface area contributed by atoms with Crippen LogP contribution in [-0.2, 0) is 10.0 Å². The van der Waals surface area contributed by atoms with Crippen LogP contribution in [-0.4, -0.2) is 25.4 Å². The van der Waals surface area contributed by atoms with Crippen LogP contribution in [0.3, 0.4) is 0 Å². The molecule has 0 radical (unpaired) electrons. The number of primary amides is 1. The van der Waals surface area contributed by atoms with Crippen LogP contribution in [0.5, 0.6) is 0 Å². The second-order valence-corrected chi connectivity index (χ2v) is 6.83. The summed E-state index contributed by atoms with van der Waals surface area (Å²) >= 11 is 0.807. The molecule has 9 heteroatoms. The van der Waals surface area contributed by atoms with E-state index >= 15 is 0 Å². The van der Waals surface area contributed by atoms with Crippen LogP contribution >= 0.6 is 11.3 Å². The van der Waals surface area contributed by atoms with Crippen LogP contribution < -0.4 is 10.5 Å². The zero-order valence-electron chi connectivity index (χ0n) is 10.4. The molecule has 0 aliphatic heterocycles. The molecule has 1 heterocycles. The molecule has 0 unspecified atom stereocenters. The van der Waals surface area contributed by atoms with E-state index in [1.54, 1.807) is 0 Å². The molecule has 0 aliphatic rings. The third-order valence-corrected chi connectivity index (χ3v) is 5.33. The number of carboxylic acid groups (broad SMARTS) is 1. The van der Waals surface area contributed by atoms with Gasteiger partial charge in [-0.05, 0) is 30.3 Å². The first-order valence-electron chi connectivity index (χ1n) is 5.54. The van der Waals surface area contributed by atoms with Crippen molar-refractivity contribution in [2.75, 3.05) is 4.72 Å². The lowest BCUT2D eigenvalue weighted by Crippen LogP contribution is -2.13. The molecular formula is C12H10N2O5S2. The van der Waals surface area contributed by atoms with E-state index in [9.17, 15) is 18.0 Å². The second kappa shape index (κ2) is 5.54. The van der Waals surface area contributed by atoms with Crippen LogP contribution in [0.1, 0.15) is 20.7 Å². The number of aromatic carboxylic acids is 1. The Kier molecular flexibility index (Phi) is 3.96. The van der Waals surface area contributed by atoms with Crippen molar-refractivity contribution < 1.29 is 23.1 Å². The monoisotopic (exact) mass is 326 g/mol. The highest BCUT2D eigenvalue weighted by molar-refractivity contribution is 7.94. The first kappa shape index (κ1) is 15.0. The van der Waals surface area contributed by atoms with E-state index in [1.165, 1.54) is 29.6 Å². The number of sulfonamides is 1. The standard InChI is InChI=1S/C12H10N2O5S2/c13-11(15)7-1-3-9(4-2-7)14-21(18,19)10-5-8(6-20-10)12(16)17/h1-6,14H,(H2,13,15)(H,16,17). The molecule has 0 atom stereocenters. The maximum absolute atomic E-state index is 12.1. The van der Waals surface area contributed by atoms with Crippen LogP contribution in [0.25, 0.3) is 0 Å². The summed E-state index contributed by atoms with van der Waals surface area (Å²) in [5.74, 6) is -1.81. The van der Waals surface area contributed by atoms with E-state index in [0.29, 0.717) is 0 Å². The maximum atomic E-state index is 12.1. The number of carbonyl (C=O) groups is 2. The molecule has 4 N–H and O–H groups in total. The number of rotatable bonds is 5. The number of thiophene rings is 1. The van der Waals surface area contributed by atoms with Gasteiger partial charge in [-0.15, -0.1) is 11.3 Å². The molecule has 110 valence electrons. The molecule has 0 saturated carbocycles. The van der Waals surface area contributed by atoms with E-state index in [1.807, 2.05) is 0 Å². The Morgan fingerprint density at radius 2 is 1.76 bits per heavy atom. The lowest BCUT2D eigenvalue weighted by Gasteiger charge is -2.06. The number of benzene rings is 1. The Balaban J connectivity index is 2.24. The van der Waals surface area contributed by atoms with Crippen molar-refractivity contribution >= 4 is 38.9 Å². The van der Waals surface area contributed by atoms with Gasteiger partial charge in [-0.25, -0.2) is 13.2 Å². The quantitative estimate of drug-likeness (QED) is 0.764. The Morgan fingerprint density at radius 1 is 1.14 bits per heavy atom. The summed E-state index contributed by atoms with van der Waals surface area (Å²) in [6.45, 7) is 0. The number of carbonyl (C=O) groups excluding carboxylic acids is 1. The van der Waals surface area contributed by atoms with Crippen molar-refractivity contribution in [1.29, 1.82) is 0 Å². The molecule has 1 aromatic heterocycles. The van der Waals surface area contributed by atoms with Gasteiger partial charge in [0.25, 0.3) is 10.0 Å². The Labute approximate surface area is 124 Å². The van der Waals surface area contributed by atoms with Crippen LogP contribution in [0.4, 0.5) is 5.69 Å². The number of hydrogen-bond donors (Lipinski definition) is 3.